The summed E-state index contributed by atoms with van der Waals surface area (Å²) in [5.74, 6) is -1.07. The van der Waals surface area contributed by atoms with E-state index in [0.29, 0.717) is 0 Å². The molecule has 1 aromatic rings. The minimum absolute atomic E-state index is 0.0168. The van der Waals surface area contributed by atoms with Gasteiger partial charge in [0, 0.05) is 12.3 Å². The van der Waals surface area contributed by atoms with Crippen molar-refractivity contribution in [3.8, 4) is 0 Å². The molecule has 0 fully saturated rings. The van der Waals surface area contributed by atoms with E-state index in [1.165, 1.54) is 23.1 Å². The van der Waals surface area contributed by atoms with E-state index in [0.717, 1.165) is 6.26 Å². The number of aromatic nitrogens is 2. The molecule has 0 aliphatic carbocycles. The standard InChI is InChI=1S/C8H10N2O4S/c1-15(13,14)5-4-10-3-2-7(6-9-10)8(11)12/h2-3,6H,4-5H2,1H3/p+1. The van der Waals surface area contributed by atoms with E-state index in [2.05, 4.69) is 5.10 Å². The Labute approximate surface area is 87.1 Å². The Kier molecular flexibility index (Phi) is 3.35. The Morgan fingerprint density at radius 2 is 2.27 bits per heavy atom. The van der Waals surface area contributed by atoms with Crippen LogP contribution in [0.2, 0.25) is 0 Å². The van der Waals surface area contributed by atoms with Crippen molar-refractivity contribution in [3.63, 3.8) is 0 Å². The first-order valence-electron chi connectivity index (χ1n) is 4.15. The van der Waals surface area contributed by atoms with E-state index in [-0.39, 0.29) is 17.9 Å². The fourth-order valence-corrected chi connectivity index (χ4v) is 1.42. The van der Waals surface area contributed by atoms with Gasteiger partial charge >= 0.3 is 5.97 Å². The molecule has 1 heterocycles. The molecule has 0 amide bonds. The zero-order valence-corrected chi connectivity index (χ0v) is 8.94. The lowest BCUT2D eigenvalue weighted by atomic mass is 10.3. The lowest BCUT2D eigenvalue weighted by molar-refractivity contribution is -0.750. The highest BCUT2D eigenvalue weighted by molar-refractivity contribution is 7.90. The topological polar surface area (TPSA) is 88.2 Å². The summed E-state index contributed by atoms with van der Waals surface area (Å²) in [6.07, 6.45) is 3.76. The van der Waals surface area contributed by atoms with Gasteiger partial charge in [0.25, 0.3) is 0 Å². The number of aromatic carboxylic acids is 1. The number of carbonyl (C=O) groups is 1. The maximum atomic E-state index is 10.8. The molecule has 15 heavy (non-hydrogen) atoms. The summed E-state index contributed by atoms with van der Waals surface area (Å²) in [6, 6.07) is 1.37. The SMILES string of the molecule is CS(=O)(=O)CC[n+]1ccc(C(=O)O)cn1. The van der Waals surface area contributed by atoms with Gasteiger partial charge in [0.05, 0.1) is 5.56 Å². The summed E-state index contributed by atoms with van der Waals surface area (Å²) in [4.78, 5) is 10.5. The molecule has 0 bridgehead atoms. The van der Waals surface area contributed by atoms with Gasteiger partial charge in [-0.3, -0.25) is 0 Å². The zero-order valence-electron chi connectivity index (χ0n) is 8.12. The third-order valence-electron chi connectivity index (χ3n) is 1.71. The summed E-state index contributed by atoms with van der Waals surface area (Å²) in [7, 11) is -3.03. The number of aryl methyl sites for hydroxylation is 1. The fraction of sp³-hybridized carbons (Fsp3) is 0.375. The van der Waals surface area contributed by atoms with Crippen LogP contribution in [-0.2, 0) is 16.4 Å². The quantitative estimate of drug-likeness (QED) is 0.679. The van der Waals surface area contributed by atoms with Crippen LogP contribution in [0.1, 0.15) is 10.4 Å². The molecule has 0 saturated carbocycles. The minimum Gasteiger partial charge on any atom is -0.478 e. The molecule has 82 valence electrons. The molecule has 1 N–H and O–H groups in total. The Hall–Kier alpha value is -1.50. The molecular formula is C8H11N2O4S+. The summed E-state index contributed by atoms with van der Waals surface area (Å²) in [6.45, 7) is 0.221. The fourth-order valence-electron chi connectivity index (χ4n) is 0.902. The first kappa shape index (κ1) is 11.6. The normalized spacial score (nSPS) is 11.3. The molecule has 0 aromatic carbocycles. The predicted molar refractivity (Wildman–Crippen MR) is 51.1 cm³/mol. The highest BCUT2D eigenvalue weighted by atomic mass is 32.2. The Morgan fingerprint density at radius 1 is 1.60 bits per heavy atom. The number of carboxylic acids is 1. The van der Waals surface area contributed by atoms with Crippen molar-refractivity contribution in [1.29, 1.82) is 0 Å². The van der Waals surface area contributed by atoms with Gasteiger partial charge in [0.15, 0.2) is 22.6 Å². The van der Waals surface area contributed by atoms with E-state index in [1.807, 2.05) is 0 Å². The van der Waals surface area contributed by atoms with E-state index >= 15 is 0 Å². The van der Waals surface area contributed by atoms with Gasteiger partial charge in [0.2, 0.25) is 0 Å². The van der Waals surface area contributed by atoms with Crippen molar-refractivity contribution in [3.05, 3.63) is 24.0 Å². The van der Waals surface area contributed by atoms with Gasteiger partial charge < -0.3 is 5.11 Å². The lowest BCUT2D eigenvalue weighted by Crippen LogP contribution is -2.40. The smallest absolute Gasteiger partial charge is 0.337 e. The highest BCUT2D eigenvalue weighted by Gasteiger charge is 2.10. The number of hydrogen-bond donors (Lipinski definition) is 1. The van der Waals surface area contributed by atoms with E-state index < -0.39 is 15.8 Å². The van der Waals surface area contributed by atoms with Crippen molar-refractivity contribution < 1.29 is 23.0 Å². The van der Waals surface area contributed by atoms with E-state index in [9.17, 15) is 13.2 Å². The number of rotatable bonds is 4. The first-order valence-corrected chi connectivity index (χ1v) is 6.21. The molecule has 1 aromatic heterocycles. The van der Waals surface area contributed by atoms with Crippen LogP contribution in [0, 0.1) is 0 Å². The van der Waals surface area contributed by atoms with Crippen LogP contribution in [-0.4, -0.2) is 36.6 Å². The van der Waals surface area contributed by atoms with Crippen molar-refractivity contribution in [2.24, 2.45) is 0 Å². The molecule has 0 atom stereocenters. The molecule has 0 radical (unpaired) electrons. The van der Waals surface area contributed by atoms with Gasteiger partial charge in [-0.05, 0) is 5.10 Å². The van der Waals surface area contributed by atoms with E-state index in [1.54, 1.807) is 0 Å². The number of carboxylic acid groups (broad SMARTS) is 1. The van der Waals surface area contributed by atoms with Gasteiger partial charge in [-0.15, -0.1) is 0 Å². The van der Waals surface area contributed by atoms with Crippen LogP contribution in [0.4, 0.5) is 0 Å². The van der Waals surface area contributed by atoms with E-state index in [4.69, 9.17) is 5.11 Å². The van der Waals surface area contributed by atoms with Gasteiger partial charge in [-0.1, -0.05) is 4.68 Å². The third kappa shape index (κ3) is 4.03. The Morgan fingerprint density at radius 3 is 2.67 bits per heavy atom. The van der Waals surface area contributed by atoms with Crippen LogP contribution in [0.15, 0.2) is 18.5 Å². The van der Waals surface area contributed by atoms with Crippen LogP contribution in [0.3, 0.4) is 0 Å². The van der Waals surface area contributed by atoms with Crippen molar-refractivity contribution in [2.75, 3.05) is 12.0 Å². The summed E-state index contributed by atoms with van der Waals surface area (Å²) in [5.41, 5.74) is 0.0746. The molecule has 7 heteroatoms. The third-order valence-corrected chi connectivity index (χ3v) is 2.63. The van der Waals surface area contributed by atoms with Crippen molar-refractivity contribution in [1.82, 2.24) is 5.10 Å². The van der Waals surface area contributed by atoms with Gasteiger partial charge in [-0.2, -0.15) is 0 Å². The molecule has 1 rings (SSSR count). The average molecular weight is 231 g/mol. The van der Waals surface area contributed by atoms with Crippen molar-refractivity contribution >= 4 is 15.8 Å². The van der Waals surface area contributed by atoms with Gasteiger partial charge in [0.1, 0.15) is 11.9 Å². The van der Waals surface area contributed by atoms with Crippen molar-refractivity contribution in [2.45, 2.75) is 6.54 Å². The second kappa shape index (κ2) is 4.35. The predicted octanol–water partition coefficient (Wildman–Crippen LogP) is -0.888. The highest BCUT2D eigenvalue weighted by Crippen LogP contribution is 1.91. The molecule has 0 aliphatic rings. The van der Waals surface area contributed by atoms with Gasteiger partial charge in [-0.25, -0.2) is 13.2 Å². The van der Waals surface area contributed by atoms with Crippen LogP contribution < -0.4 is 4.68 Å². The molecule has 0 aliphatic heterocycles. The van der Waals surface area contributed by atoms with Crippen LogP contribution >= 0.6 is 0 Å². The molecule has 0 unspecified atom stereocenters. The second-order valence-electron chi connectivity index (χ2n) is 3.11. The molecular weight excluding hydrogens is 220 g/mol. The Balaban J connectivity index is 2.69. The molecule has 6 nitrogen and oxygen atoms in total. The Bertz CT molecular complexity index is 452. The summed E-state index contributed by atoms with van der Waals surface area (Å²) < 4.78 is 23.1. The molecule has 0 saturated heterocycles. The summed E-state index contributed by atoms with van der Waals surface area (Å²) in [5, 5.41) is 12.4. The number of hydrogen-bond acceptors (Lipinski definition) is 4. The summed E-state index contributed by atoms with van der Waals surface area (Å²) >= 11 is 0. The minimum atomic E-state index is -3.03. The van der Waals surface area contributed by atoms with Crippen LogP contribution in [0.5, 0.6) is 0 Å². The first-order chi connectivity index (χ1) is 6.88. The lowest BCUT2D eigenvalue weighted by Gasteiger charge is -1.94. The number of sulfone groups is 1. The monoisotopic (exact) mass is 231 g/mol. The second-order valence-corrected chi connectivity index (χ2v) is 5.37. The maximum Gasteiger partial charge on any atom is 0.337 e. The zero-order chi connectivity index (χ0) is 11.5. The van der Waals surface area contributed by atoms with Crippen LogP contribution in [0.25, 0.3) is 0 Å². The molecule has 0 spiro atoms. The number of nitrogens with zero attached hydrogens (tertiary/aromatic N) is 2. The largest absolute Gasteiger partial charge is 0.478 e. The average Bonchev–Trinajstić information content (AvgIpc) is 2.14. The maximum absolute atomic E-state index is 10.8.